The Labute approximate surface area is 95.5 Å². The third-order valence-electron chi connectivity index (χ3n) is 2.42. The molecular formula is C12H17NO3. The largest absolute Gasteiger partial charge is 0.454 e. The van der Waals surface area contributed by atoms with E-state index in [0.29, 0.717) is 13.4 Å². The fourth-order valence-electron chi connectivity index (χ4n) is 1.57. The molecule has 0 radical (unpaired) electrons. The van der Waals surface area contributed by atoms with Crippen molar-refractivity contribution in [2.75, 3.05) is 27.0 Å². The standard InChI is InChI=1S/C12H17NO3/c1-13-5-2-6-14-8-10-3-4-11-12(7-10)16-9-15-11/h3-4,7,13H,2,5-6,8-9H2,1H3. The molecule has 0 atom stereocenters. The Morgan fingerprint density at radius 3 is 3.06 bits per heavy atom. The van der Waals surface area contributed by atoms with Crippen molar-refractivity contribution >= 4 is 0 Å². The van der Waals surface area contributed by atoms with Gasteiger partial charge < -0.3 is 19.5 Å². The summed E-state index contributed by atoms with van der Waals surface area (Å²) in [6.07, 6.45) is 1.03. The average molecular weight is 223 g/mol. The molecule has 0 amide bonds. The van der Waals surface area contributed by atoms with Crippen LogP contribution in [0.25, 0.3) is 0 Å². The molecule has 1 aliphatic rings. The second kappa shape index (κ2) is 5.72. The van der Waals surface area contributed by atoms with E-state index in [4.69, 9.17) is 14.2 Å². The first-order valence-electron chi connectivity index (χ1n) is 5.51. The van der Waals surface area contributed by atoms with Crippen molar-refractivity contribution in [1.29, 1.82) is 0 Å². The minimum Gasteiger partial charge on any atom is -0.454 e. The van der Waals surface area contributed by atoms with Crippen molar-refractivity contribution in [3.63, 3.8) is 0 Å². The zero-order valence-electron chi connectivity index (χ0n) is 9.49. The van der Waals surface area contributed by atoms with Crippen LogP contribution in [-0.2, 0) is 11.3 Å². The molecule has 1 aliphatic heterocycles. The van der Waals surface area contributed by atoms with E-state index < -0.39 is 0 Å². The Bertz CT molecular complexity index is 341. The van der Waals surface area contributed by atoms with Crippen molar-refractivity contribution in [3.05, 3.63) is 23.8 Å². The maximum absolute atomic E-state index is 5.55. The van der Waals surface area contributed by atoms with Crippen LogP contribution in [0.5, 0.6) is 11.5 Å². The number of fused-ring (bicyclic) bond motifs is 1. The Kier molecular flexibility index (Phi) is 4.02. The Hall–Kier alpha value is -1.26. The van der Waals surface area contributed by atoms with Gasteiger partial charge in [0.15, 0.2) is 11.5 Å². The topological polar surface area (TPSA) is 39.7 Å². The summed E-state index contributed by atoms with van der Waals surface area (Å²) in [4.78, 5) is 0. The summed E-state index contributed by atoms with van der Waals surface area (Å²) in [6.45, 7) is 2.71. The van der Waals surface area contributed by atoms with E-state index in [1.807, 2.05) is 25.2 Å². The summed E-state index contributed by atoms with van der Waals surface area (Å²) in [7, 11) is 1.94. The lowest BCUT2D eigenvalue weighted by Crippen LogP contribution is -2.10. The van der Waals surface area contributed by atoms with Crippen LogP contribution >= 0.6 is 0 Å². The summed E-state index contributed by atoms with van der Waals surface area (Å²) >= 11 is 0. The molecule has 2 rings (SSSR count). The van der Waals surface area contributed by atoms with Crippen LogP contribution in [0.1, 0.15) is 12.0 Å². The van der Waals surface area contributed by atoms with Crippen LogP contribution in [0, 0.1) is 0 Å². The lowest BCUT2D eigenvalue weighted by molar-refractivity contribution is 0.118. The SMILES string of the molecule is CNCCCOCc1ccc2c(c1)OCO2. The molecule has 0 fully saturated rings. The molecule has 4 nitrogen and oxygen atoms in total. The molecule has 1 heterocycles. The second-order valence-electron chi connectivity index (χ2n) is 3.70. The van der Waals surface area contributed by atoms with E-state index >= 15 is 0 Å². The third kappa shape index (κ3) is 2.87. The highest BCUT2D eigenvalue weighted by Gasteiger charge is 2.12. The Balaban J connectivity index is 1.77. The van der Waals surface area contributed by atoms with Gasteiger partial charge >= 0.3 is 0 Å². The molecule has 1 aromatic carbocycles. The van der Waals surface area contributed by atoms with E-state index in [-0.39, 0.29) is 0 Å². The first kappa shape index (κ1) is 11.2. The summed E-state index contributed by atoms with van der Waals surface area (Å²) < 4.78 is 16.1. The van der Waals surface area contributed by atoms with Gasteiger partial charge in [-0.1, -0.05) is 6.07 Å². The van der Waals surface area contributed by atoms with Gasteiger partial charge in [-0.25, -0.2) is 0 Å². The van der Waals surface area contributed by atoms with Crippen molar-refractivity contribution in [1.82, 2.24) is 5.32 Å². The predicted molar refractivity (Wildman–Crippen MR) is 60.8 cm³/mol. The Morgan fingerprint density at radius 2 is 2.19 bits per heavy atom. The normalized spacial score (nSPS) is 13.1. The molecule has 1 N–H and O–H groups in total. The fourth-order valence-corrected chi connectivity index (χ4v) is 1.57. The van der Waals surface area contributed by atoms with E-state index in [1.165, 1.54) is 0 Å². The summed E-state index contributed by atoms with van der Waals surface area (Å²) in [5, 5.41) is 3.08. The van der Waals surface area contributed by atoms with Gasteiger partial charge in [0.2, 0.25) is 6.79 Å². The number of benzene rings is 1. The van der Waals surface area contributed by atoms with Gasteiger partial charge in [-0.05, 0) is 37.7 Å². The first-order valence-corrected chi connectivity index (χ1v) is 5.51. The van der Waals surface area contributed by atoms with E-state index in [1.54, 1.807) is 0 Å². The Morgan fingerprint density at radius 1 is 1.31 bits per heavy atom. The fraction of sp³-hybridized carbons (Fsp3) is 0.500. The van der Waals surface area contributed by atoms with Crippen LogP contribution in [0.2, 0.25) is 0 Å². The van der Waals surface area contributed by atoms with Crippen LogP contribution in [0.15, 0.2) is 18.2 Å². The van der Waals surface area contributed by atoms with E-state index in [2.05, 4.69) is 5.32 Å². The van der Waals surface area contributed by atoms with Gasteiger partial charge in [0.05, 0.1) is 6.61 Å². The zero-order valence-corrected chi connectivity index (χ0v) is 9.49. The highest BCUT2D eigenvalue weighted by molar-refractivity contribution is 5.44. The molecule has 0 saturated carbocycles. The molecular weight excluding hydrogens is 206 g/mol. The average Bonchev–Trinajstić information content (AvgIpc) is 2.76. The summed E-state index contributed by atoms with van der Waals surface area (Å²) in [5.74, 6) is 1.63. The van der Waals surface area contributed by atoms with Gasteiger partial charge in [-0.15, -0.1) is 0 Å². The smallest absolute Gasteiger partial charge is 0.231 e. The molecule has 1 aromatic rings. The minimum atomic E-state index is 0.321. The van der Waals surface area contributed by atoms with E-state index in [9.17, 15) is 0 Å². The molecule has 16 heavy (non-hydrogen) atoms. The van der Waals surface area contributed by atoms with Crippen molar-refractivity contribution in [2.24, 2.45) is 0 Å². The third-order valence-corrected chi connectivity index (χ3v) is 2.42. The van der Waals surface area contributed by atoms with Crippen LogP contribution in [-0.4, -0.2) is 27.0 Å². The molecule has 0 bridgehead atoms. The van der Waals surface area contributed by atoms with Crippen molar-refractivity contribution in [3.8, 4) is 11.5 Å². The van der Waals surface area contributed by atoms with Crippen LogP contribution < -0.4 is 14.8 Å². The lowest BCUT2D eigenvalue weighted by Gasteiger charge is -2.05. The number of nitrogens with one attached hydrogen (secondary N) is 1. The summed E-state index contributed by atoms with van der Waals surface area (Å²) in [5.41, 5.74) is 1.12. The van der Waals surface area contributed by atoms with Gasteiger partial charge in [0.25, 0.3) is 0 Å². The van der Waals surface area contributed by atoms with Crippen molar-refractivity contribution in [2.45, 2.75) is 13.0 Å². The zero-order chi connectivity index (χ0) is 11.2. The summed E-state index contributed by atoms with van der Waals surface area (Å²) in [6, 6.07) is 5.90. The number of ether oxygens (including phenoxy) is 3. The quantitative estimate of drug-likeness (QED) is 0.743. The van der Waals surface area contributed by atoms with Gasteiger partial charge in [0, 0.05) is 6.61 Å². The predicted octanol–water partition coefficient (Wildman–Crippen LogP) is 1.54. The van der Waals surface area contributed by atoms with Gasteiger partial charge in [-0.3, -0.25) is 0 Å². The minimum absolute atomic E-state index is 0.321. The molecule has 0 spiro atoms. The molecule has 0 aromatic heterocycles. The van der Waals surface area contributed by atoms with Crippen molar-refractivity contribution < 1.29 is 14.2 Å². The van der Waals surface area contributed by atoms with E-state index in [0.717, 1.165) is 36.6 Å². The lowest BCUT2D eigenvalue weighted by atomic mass is 10.2. The molecule has 4 heteroatoms. The first-order chi connectivity index (χ1) is 7.90. The number of hydrogen-bond donors (Lipinski definition) is 1. The van der Waals surface area contributed by atoms with Gasteiger partial charge in [0.1, 0.15) is 0 Å². The number of rotatable bonds is 6. The highest BCUT2D eigenvalue weighted by Crippen LogP contribution is 2.32. The highest BCUT2D eigenvalue weighted by atomic mass is 16.7. The molecule has 88 valence electrons. The maximum Gasteiger partial charge on any atom is 0.231 e. The second-order valence-corrected chi connectivity index (χ2v) is 3.70. The monoisotopic (exact) mass is 223 g/mol. The molecule has 0 unspecified atom stereocenters. The molecule has 0 saturated heterocycles. The van der Waals surface area contributed by atoms with Crippen LogP contribution in [0.4, 0.5) is 0 Å². The maximum atomic E-state index is 5.55. The number of hydrogen-bond acceptors (Lipinski definition) is 4. The van der Waals surface area contributed by atoms with Gasteiger partial charge in [-0.2, -0.15) is 0 Å². The van der Waals surface area contributed by atoms with Crippen LogP contribution in [0.3, 0.4) is 0 Å². The molecule has 0 aliphatic carbocycles.